The van der Waals surface area contributed by atoms with E-state index in [4.69, 9.17) is 0 Å². The van der Waals surface area contributed by atoms with Gasteiger partial charge in [-0.1, -0.05) is 6.08 Å². The van der Waals surface area contributed by atoms with E-state index in [1.165, 1.54) is 0 Å². The van der Waals surface area contributed by atoms with Crippen LogP contribution in [0.3, 0.4) is 0 Å². The summed E-state index contributed by atoms with van der Waals surface area (Å²) in [7, 11) is 0. The first-order valence-corrected chi connectivity index (χ1v) is 3.70. The van der Waals surface area contributed by atoms with Crippen LogP contribution >= 0.6 is 11.8 Å². The van der Waals surface area contributed by atoms with Gasteiger partial charge in [-0.3, -0.25) is 0 Å². The fourth-order valence-electron chi connectivity index (χ4n) is 0.640. The summed E-state index contributed by atoms with van der Waals surface area (Å²) in [5.74, 6) is 1.25. The molecular formula is C6H8OS. The number of carbonyl (C=O) groups excluding carboxylic acids is 1. The Balaban J connectivity index is 2.37. The first-order chi connectivity index (χ1) is 3.93. The summed E-state index contributed by atoms with van der Waals surface area (Å²) < 4.78 is 0. The average molecular weight is 128 g/mol. The van der Waals surface area contributed by atoms with Crippen molar-refractivity contribution in [2.24, 2.45) is 5.92 Å². The number of hydrogen-bond acceptors (Lipinski definition) is 2. The summed E-state index contributed by atoms with van der Waals surface area (Å²) in [6.45, 7) is 0. The Morgan fingerprint density at radius 2 is 2.62 bits per heavy atom. The molecule has 0 aromatic rings. The molecule has 0 fully saturated rings. The van der Waals surface area contributed by atoms with Crippen LogP contribution < -0.4 is 0 Å². The van der Waals surface area contributed by atoms with Crippen molar-refractivity contribution in [1.82, 2.24) is 0 Å². The Hall–Kier alpha value is -0.240. The maximum absolute atomic E-state index is 10.1. The third-order valence-corrected chi connectivity index (χ3v) is 2.14. The molecule has 1 atom stereocenters. The highest BCUT2D eigenvalue weighted by atomic mass is 32.2. The maximum Gasteiger partial charge on any atom is 0.124 e. The van der Waals surface area contributed by atoms with E-state index in [1.807, 2.05) is 6.08 Å². The summed E-state index contributed by atoms with van der Waals surface area (Å²) >= 11 is 1.72. The molecule has 44 valence electrons. The maximum atomic E-state index is 10.1. The van der Waals surface area contributed by atoms with E-state index < -0.39 is 0 Å². The minimum atomic E-state index is 0.282. The largest absolute Gasteiger partial charge is 0.303 e. The van der Waals surface area contributed by atoms with Gasteiger partial charge in [0, 0.05) is 11.7 Å². The zero-order valence-corrected chi connectivity index (χ0v) is 5.36. The van der Waals surface area contributed by atoms with Crippen molar-refractivity contribution in [3.05, 3.63) is 11.5 Å². The van der Waals surface area contributed by atoms with Crippen molar-refractivity contribution < 1.29 is 4.79 Å². The molecule has 0 N–H and O–H groups in total. The second-order valence-corrected chi connectivity index (χ2v) is 2.78. The lowest BCUT2D eigenvalue weighted by molar-refractivity contribution is -0.110. The standard InChI is InChI=1S/C6H8OS/c7-4-6-2-1-3-8-5-6/h1,3-4,6H,2,5H2. The summed E-state index contributed by atoms with van der Waals surface area (Å²) in [5.41, 5.74) is 0. The zero-order valence-electron chi connectivity index (χ0n) is 4.54. The molecule has 0 aliphatic carbocycles. The van der Waals surface area contributed by atoms with E-state index in [1.54, 1.807) is 11.8 Å². The predicted molar refractivity (Wildman–Crippen MR) is 35.8 cm³/mol. The van der Waals surface area contributed by atoms with E-state index in [9.17, 15) is 4.79 Å². The highest BCUT2D eigenvalue weighted by molar-refractivity contribution is 8.02. The molecule has 1 unspecified atom stereocenters. The van der Waals surface area contributed by atoms with Crippen LogP contribution in [0, 0.1) is 5.92 Å². The van der Waals surface area contributed by atoms with E-state index >= 15 is 0 Å². The summed E-state index contributed by atoms with van der Waals surface area (Å²) in [5, 5.41) is 2.06. The molecule has 0 bridgehead atoms. The van der Waals surface area contributed by atoms with Crippen LogP contribution in [0.1, 0.15) is 6.42 Å². The molecule has 1 aliphatic heterocycles. The number of thioether (sulfide) groups is 1. The Bertz CT molecular complexity index is 109. The molecular weight excluding hydrogens is 120 g/mol. The van der Waals surface area contributed by atoms with E-state index in [2.05, 4.69) is 5.41 Å². The molecule has 0 amide bonds. The van der Waals surface area contributed by atoms with Gasteiger partial charge in [-0.05, 0) is 11.8 Å². The Morgan fingerprint density at radius 1 is 1.75 bits per heavy atom. The van der Waals surface area contributed by atoms with Crippen LogP contribution in [0.2, 0.25) is 0 Å². The summed E-state index contributed by atoms with van der Waals surface area (Å²) in [6, 6.07) is 0. The van der Waals surface area contributed by atoms with Crippen molar-refractivity contribution in [2.45, 2.75) is 6.42 Å². The molecule has 0 saturated heterocycles. The lowest BCUT2D eigenvalue weighted by Crippen LogP contribution is -2.05. The molecule has 2 heteroatoms. The minimum absolute atomic E-state index is 0.282. The number of aldehydes is 1. The zero-order chi connectivity index (χ0) is 5.82. The Kier molecular flexibility index (Phi) is 2.15. The lowest BCUT2D eigenvalue weighted by atomic mass is 10.1. The summed E-state index contributed by atoms with van der Waals surface area (Å²) in [4.78, 5) is 10.1. The first-order valence-electron chi connectivity index (χ1n) is 2.65. The number of allylic oxidation sites excluding steroid dienone is 1. The monoisotopic (exact) mass is 128 g/mol. The van der Waals surface area contributed by atoms with Gasteiger partial charge in [0.15, 0.2) is 0 Å². The van der Waals surface area contributed by atoms with E-state index in [0.29, 0.717) is 0 Å². The van der Waals surface area contributed by atoms with Crippen LogP contribution in [0.5, 0.6) is 0 Å². The average Bonchev–Trinajstić information content (AvgIpc) is 1.90. The topological polar surface area (TPSA) is 17.1 Å². The molecule has 1 heterocycles. The fraction of sp³-hybridized carbons (Fsp3) is 0.500. The Labute approximate surface area is 53.2 Å². The molecule has 0 spiro atoms. The molecule has 8 heavy (non-hydrogen) atoms. The number of carbonyl (C=O) groups is 1. The molecule has 1 rings (SSSR count). The number of rotatable bonds is 1. The van der Waals surface area contributed by atoms with Crippen LogP contribution in [0.25, 0.3) is 0 Å². The van der Waals surface area contributed by atoms with Gasteiger partial charge in [0.25, 0.3) is 0 Å². The smallest absolute Gasteiger partial charge is 0.124 e. The van der Waals surface area contributed by atoms with Gasteiger partial charge in [0.05, 0.1) is 0 Å². The van der Waals surface area contributed by atoms with Gasteiger partial charge in [-0.25, -0.2) is 0 Å². The SMILES string of the molecule is O=CC1CC=CSC1. The van der Waals surface area contributed by atoms with Gasteiger partial charge in [-0.15, -0.1) is 11.8 Å². The molecule has 1 nitrogen and oxygen atoms in total. The van der Waals surface area contributed by atoms with Crippen molar-refractivity contribution >= 4 is 18.0 Å². The van der Waals surface area contributed by atoms with Crippen molar-refractivity contribution in [1.29, 1.82) is 0 Å². The lowest BCUT2D eigenvalue weighted by Gasteiger charge is -2.08. The third kappa shape index (κ3) is 1.37. The Morgan fingerprint density at radius 3 is 3.00 bits per heavy atom. The second-order valence-electron chi connectivity index (χ2n) is 1.84. The van der Waals surface area contributed by atoms with Gasteiger partial charge in [0.2, 0.25) is 0 Å². The molecule has 0 aromatic heterocycles. The molecule has 0 aromatic carbocycles. The molecule has 0 radical (unpaired) electrons. The van der Waals surface area contributed by atoms with E-state index in [-0.39, 0.29) is 5.92 Å². The van der Waals surface area contributed by atoms with E-state index in [0.717, 1.165) is 18.5 Å². The van der Waals surface area contributed by atoms with Gasteiger partial charge in [0.1, 0.15) is 6.29 Å². The van der Waals surface area contributed by atoms with Crippen LogP contribution in [-0.2, 0) is 4.79 Å². The molecule has 1 aliphatic rings. The highest BCUT2D eigenvalue weighted by Gasteiger charge is 2.06. The van der Waals surface area contributed by atoms with Crippen molar-refractivity contribution in [3.63, 3.8) is 0 Å². The van der Waals surface area contributed by atoms with Crippen LogP contribution in [-0.4, -0.2) is 12.0 Å². The van der Waals surface area contributed by atoms with Crippen molar-refractivity contribution in [3.8, 4) is 0 Å². The second kappa shape index (κ2) is 2.92. The van der Waals surface area contributed by atoms with Crippen LogP contribution in [0.15, 0.2) is 11.5 Å². The van der Waals surface area contributed by atoms with Crippen LogP contribution in [0.4, 0.5) is 0 Å². The predicted octanol–water partition coefficient (Wildman–Crippen LogP) is 1.45. The van der Waals surface area contributed by atoms with Crippen molar-refractivity contribution in [2.75, 3.05) is 5.75 Å². The fourth-order valence-corrected chi connectivity index (χ4v) is 1.46. The minimum Gasteiger partial charge on any atom is -0.303 e. The summed E-state index contributed by atoms with van der Waals surface area (Å²) in [6.07, 6.45) is 4.03. The van der Waals surface area contributed by atoms with Gasteiger partial charge in [-0.2, -0.15) is 0 Å². The first kappa shape index (κ1) is 5.89. The van der Waals surface area contributed by atoms with Gasteiger partial charge < -0.3 is 4.79 Å². The molecule has 0 saturated carbocycles. The number of hydrogen-bond donors (Lipinski definition) is 0. The third-order valence-electron chi connectivity index (χ3n) is 1.13. The quantitative estimate of drug-likeness (QED) is 0.497. The highest BCUT2D eigenvalue weighted by Crippen LogP contribution is 2.17. The van der Waals surface area contributed by atoms with Gasteiger partial charge >= 0.3 is 0 Å². The normalized spacial score (nSPS) is 27.8.